The number of para-hydroxylation sites is 1. The summed E-state index contributed by atoms with van der Waals surface area (Å²) in [5, 5.41) is 15.8. The number of anilines is 1. The molecule has 2 aromatic heterocycles. The zero-order valence-corrected chi connectivity index (χ0v) is 14.4. The average molecular weight is 337 g/mol. The van der Waals surface area contributed by atoms with Gasteiger partial charge in [0.2, 0.25) is 5.82 Å². The molecule has 7 heteroatoms. The molecule has 0 fully saturated rings. The molecule has 2 heterocycles. The summed E-state index contributed by atoms with van der Waals surface area (Å²) >= 11 is 0. The zero-order chi connectivity index (χ0) is 18.0. The molecule has 7 nitrogen and oxygen atoms in total. The van der Waals surface area contributed by atoms with Crippen molar-refractivity contribution in [2.45, 2.75) is 20.4 Å². The molecule has 0 saturated heterocycles. The predicted molar refractivity (Wildman–Crippen MR) is 96.0 cm³/mol. The van der Waals surface area contributed by atoms with E-state index in [0.29, 0.717) is 12.4 Å². The molecule has 0 atom stereocenters. The minimum Gasteiger partial charge on any atom is -0.349 e. The number of pyridine rings is 1. The van der Waals surface area contributed by atoms with Gasteiger partial charge >= 0.3 is 5.69 Å². The Morgan fingerprint density at radius 2 is 1.88 bits per heavy atom. The normalized spacial score (nSPS) is 10.7. The van der Waals surface area contributed by atoms with Gasteiger partial charge in [0.1, 0.15) is 0 Å². The zero-order valence-electron chi connectivity index (χ0n) is 14.4. The van der Waals surface area contributed by atoms with Crippen LogP contribution < -0.4 is 4.90 Å². The van der Waals surface area contributed by atoms with Gasteiger partial charge in [-0.1, -0.05) is 18.2 Å². The highest BCUT2D eigenvalue weighted by atomic mass is 16.6. The van der Waals surface area contributed by atoms with Crippen molar-refractivity contribution in [1.82, 2.24) is 14.8 Å². The highest BCUT2D eigenvalue weighted by Gasteiger charge is 2.21. The van der Waals surface area contributed by atoms with Gasteiger partial charge < -0.3 is 4.90 Å². The van der Waals surface area contributed by atoms with Gasteiger partial charge in [0.25, 0.3) is 0 Å². The highest BCUT2D eigenvalue weighted by Crippen LogP contribution is 2.27. The molecule has 0 saturated carbocycles. The number of hydrogen-bond acceptors (Lipinski definition) is 5. The van der Waals surface area contributed by atoms with Crippen molar-refractivity contribution in [3.05, 3.63) is 75.7 Å². The Morgan fingerprint density at radius 1 is 1.16 bits per heavy atom. The minimum absolute atomic E-state index is 0.00393. The SMILES string of the molecule is Cc1nn(-c2ccccc2)c(C)c1CN(C)c1ncccc1[N+](=O)[O-]. The number of hydrogen-bond donors (Lipinski definition) is 0. The van der Waals surface area contributed by atoms with Crippen molar-refractivity contribution in [2.75, 3.05) is 11.9 Å². The standard InChI is InChI=1S/C18H19N5O2/c1-13-16(14(2)22(20-13)15-8-5-4-6-9-15)12-21(3)18-17(23(24)25)10-7-11-19-18/h4-11H,12H2,1-3H3. The Balaban J connectivity index is 1.94. The number of aryl methyl sites for hydroxylation is 1. The third-order valence-electron chi connectivity index (χ3n) is 4.16. The third kappa shape index (κ3) is 3.21. The van der Waals surface area contributed by atoms with E-state index < -0.39 is 4.92 Å². The minimum atomic E-state index is -0.411. The summed E-state index contributed by atoms with van der Waals surface area (Å²) < 4.78 is 1.89. The van der Waals surface area contributed by atoms with Crippen LogP contribution in [0.5, 0.6) is 0 Å². The Morgan fingerprint density at radius 3 is 2.56 bits per heavy atom. The van der Waals surface area contributed by atoms with E-state index in [1.54, 1.807) is 24.2 Å². The topological polar surface area (TPSA) is 77.1 Å². The molecule has 0 unspecified atom stereocenters. The lowest BCUT2D eigenvalue weighted by molar-refractivity contribution is -0.384. The number of nitro groups is 1. The smallest absolute Gasteiger partial charge is 0.311 e. The largest absolute Gasteiger partial charge is 0.349 e. The van der Waals surface area contributed by atoms with E-state index in [9.17, 15) is 10.1 Å². The van der Waals surface area contributed by atoms with Crippen molar-refractivity contribution in [3.63, 3.8) is 0 Å². The molecule has 0 aliphatic heterocycles. The average Bonchev–Trinajstić information content (AvgIpc) is 2.90. The second-order valence-electron chi connectivity index (χ2n) is 5.86. The van der Waals surface area contributed by atoms with Gasteiger partial charge in [-0.15, -0.1) is 0 Å². The summed E-state index contributed by atoms with van der Waals surface area (Å²) in [5.41, 5.74) is 3.92. The lowest BCUT2D eigenvalue weighted by Crippen LogP contribution is -2.20. The fraction of sp³-hybridized carbons (Fsp3) is 0.222. The van der Waals surface area contributed by atoms with Gasteiger partial charge in [-0.05, 0) is 32.0 Å². The van der Waals surface area contributed by atoms with Crippen LogP contribution in [0, 0.1) is 24.0 Å². The van der Waals surface area contributed by atoms with Crippen LogP contribution in [0.2, 0.25) is 0 Å². The van der Waals surface area contributed by atoms with Crippen LogP contribution in [0.15, 0.2) is 48.7 Å². The Hall–Kier alpha value is -3.22. The lowest BCUT2D eigenvalue weighted by Gasteiger charge is -2.18. The fourth-order valence-electron chi connectivity index (χ4n) is 2.86. The first-order valence-corrected chi connectivity index (χ1v) is 7.90. The molecule has 3 aromatic rings. The van der Waals surface area contributed by atoms with Crippen LogP contribution in [-0.4, -0.2) is 26.7 Å². The maximum Gasteiger partial charge on any atom is 0.311 e. The number of benzene rings is 1. The number of nitrogens with zero attached hydrogens (tertiary/aromatic N) is 5. The van der Waals surface area contributed by atoms with E-state index in [1.807, 2.05) is 48.9 Å². The molecule has 0 spiro atoms. The van der Waals surface area contributed by atoms with Crippen LogP contribution in [0.4, 0.5) is 11.5 Å². The van der Waals surface area contributed by atoms with Crippen LogP contribution in [0.3, 0.4) is 0 Å². The fourth-order valence-corrected chi connectivity index (χ4v) is 2.86. The van der Waals surface area contributed by atoms with Crippen LogP contribution in [0.25, 0.3) is 5.69 Å². The summed E-state index contributed by atoms with van der Waals surface area (Å²) in [6, 6.07) is 12.9. The molecule has 0 N–H and O–H groups in total. The second kappa shape index (κ2) is 6.72. The van der Waals surface area contributed by atoms with Gasteiger partial charge in [-0.25, -0.2) is 9.67 Å². The first kappa shape index (κ1) is 16.6. The predicted octanol–water partition coefficient (Wildman–Crippen LogP) is 3.43. The van der Waals surface area contributed by atoms with E-state index >= 15 is 0 Å². The summed E-state index contributed by atoms with van der Waals surface area (Å²) in [5.74, 6) is 0.346. The van der Waals surface area contributed by atoms with Gasteiger partial charge in [-0.2, -0.15) is 5.10 Å². The molecule has 1 aromatic carbocycles. The summed E-state index contributed by atoms with van der Waals surface area (Å²) in [6.07, 6.45) is 1.56. The summed E-state index contributed by atoms with van der Waals surface area (Å²) in [4.78, 5) is 16.8. The molecule has 0 amide bonds. The molecule has 0 bridgehead atoms. The Kier molecular flexibility index (Phi) is 4.47. The number of rotatable bonds is 5. The molecule has 128 valence electrons. The first-order valence-electron chi connectivity index (χ1n) is 7.90. The van der Waals surface area contributed by atoms with E-state index in [2.05, 4.69) is 10.1 Å². The molecular formula is C18H19N5O2. The monoisotopic (exact) mass is 337 g/mol. The molecule has 3 rings (SSSR count). The van der Waals surface area contributed by atoms with Gasteiger partial charge in [0, 0.05) is 37.1 Å². The first-order chi connectivity index (χ1) is 12.0. The van der Waals surface area contributed by atoms with E-state index in [0.717, 1.165) is 22.6 Å². The molecule has 0 aliphatic carbocycles. The van der Waals surface area contributed by atoms with Crippen molar-refractivity contribution < 1.29 is 4.92 Å². The van der Waals surface area contributed by atoms with Crippen molar-refractivity contribution >= 4 is 11.5 Å². The molecular weight excluding hydrogens is 318 g/mol. The summed E-state index contributed by atoms with van der Waals surface area (Å²) in [6.45, 7) is 4.44. The van der Waals surface area contributed by atoms with Gasteiger partial charge in [0.15, 0.2) is 0 Å². The Bertz CT molecular complexity index is 905. The molecule has 0 aliphatic rings. The third-order valence-corrected chi connectivity index (χ3v) is 4.16. The molecule has 0 radical (unpaired) electrons. The molecule has 25 heavy (non-hydrogen) atoms. The van der Waals surface area contributed by atoms with Gasteiger partial charge in [0.05, 0.1) is 16.3 Å². The lowest BCUT2D eigenvalue weighted by atomic mass is 10.2. The van der Waals surface area contributed by atoms with Crippen molar-refractivity contribution in [1.29, 1.82) is 0 Å². The van der Waals surface area contributed by atoms with Crippen molar-refractivity contribution in [3.8, 4) is 5.69 Å². The second-order valence-corrected chi connectivity index (χ2v) is 5.86. The van der Waals surface area contributed by atoms with Gasteiger partial charge in [-0.3, -0.25) is 10.1 Å². The highest BCUT2D eigenvalue weighted by molar-refractivity contribution is 5.57. The Labute approximate surface area is 145 Å². The van der Waals surface area contributed by atoms with E-state index in [4.69, 9.17) is 0 Å². The van der Waals surface area contributed by atoms with Crippen LogP contribution in [0.1, 0.15) is 17.0 Å². The maximum absolute atomic E-state index is 11.2. The quantitative estimate of drug-likeness (QED) is 0.526. The maximum atomic E-state index is 11.2. The van der Waals surface area contributed by atoms with E-state index in [1.165, 1.54) is 6.07 Å². The van der Waals surface area contributed by atoms with E-state index in [-0.39, 0.29) is 5.69 Å². The summed E-state index contributed by atoms with van der Waals surface area (Å²) in [7, 11) is 1.80. The van der Waals surface area contributed by atoms with Crippen LogP contribution >= 0.6 is 0 Å². The van der Waals surface area contributed by atoms with Crippen LogP contribution in [-0.2, 0) is 6.54 Å². The van der Waals surface area contributed by atoms with Crippen molar-refractivity contribution in [2.24, 2.45) is 0 Å². The number of aromatic nitrogens is 3.